The van der Waals surface area contributed by atoms with E-state index in [0.717, 1.165) is 31.5 Å². The molecule has 1 fully saturated rings. The van der Waals surface area contributed by atoms with Crippen molar-refractivity contribution in [1.29, 1.82) is 0 Å². The molecular formula is C22H30N2O2S. The predicted octanol–water partition coefficient (Wildman–Crippen LogP) is 4.21. The molecule has 2 aromatic rings. The van der Waals surface area contributed by atoms with Gasteiger partial charge < -0.3 is 14.5 Å². The molecule has 0 bridgehead atoms. The molecule has 1 aliphatic rings. The number of para-hydroxylation sites is 1. The maximum atomic E-state index is 13.1. The third-order valence-corrected chi connectivity index (χ3v) is 6.54. The number of anilines is 1. The molecule has 0 saturated carbocycles. The Balaban J connectivity index is 1.95. The van der Waals surface area contributed by atoms with Crippen molar-refractivity contribution in [2.45, 2.75) is 44.2 Å². The molecule has 1 aromatic heterocycles. The number of carbonyl (C=O) groups is 1. The zero-order valence-corrected chi connectivity index (χ0v) is 17.4. The molecule has 1 saturated heterocycles. The first-order chi connectivity index (χ1) is 13.1. The number of rotatable bonds is 7. The largest absolute Gasteiger partial charge is 0.382 e. The molecule has 5 heteroatoms. The van der Waals surface area contributed by atoms with Crippen LogP contribution in [-0.4, -0.2) is 49.7 Å². The van der Waals surface area contributed by atoms with Crippen molar-refractivity contribution in [2.75, 3.05) is 32.2 Å². The SMILES string of the molecule is CCC(=O)N(c1ccccc1)C1(COC)CCN(C)C(Cc2cccs2)C1. The van der Waals surface area contributed by atoms with E-state index in [1.807, 2.05) is 53.5 Å². The maximum Gasteiger partial charge on any atom is 0.227 e. The van der Waals surface area contributed by atoms with Gasteiger partial charge in [0.2, 0.25) is 5.91 Å². The maximum absolute atomic E-state index is 13.1. The number of thiophene rings is 1. The van der Waals surface area contributed by atoms with E-state index in [4.69, 9.17) is 4.74 Å². The lowest BCUT2D eigenvalue weighted by Crippen LogP contribution is -2.62. The Hall–Kier alpha value is -1.69. The second kappa shape index (κ2) is 9.00. The van der Waals surface area contributed by atoms with Crippen LogP contribution in [0.5, 0.6) is 0 Å². The van der Waals surface area contributed by atoms with Gasteiger partial charge in [0.05, 0.1) is 12.1 Å². The lowest BCUT2D eigenvalue weighted by Gasteiger charge is -2.51. The minimum absolute atomic E-state index is 0.165. The molecule has 3 rings (SSSR count). The Morgan fingerprint density at radius 1 is 1.30 bits per heavy atom. The molecule has 0 radical (unpaired) electrons. The van der Waals surface area contributed by atoms with Crippen LogP contribution < -0.4 is 4.90 Å². The van der Waals surface area contributed by atoms with E-state index < -0.39 is 0 Å². The van der Waals surface area contributed by atoms with E-state index in [0.29, 0.717) is 19.1 Å². The van der Waals surface area contributed by atoms with Crippen molar-refractivity contribution in [3.63, 3.8) is 0 Å². The number of methoxy groups -OCH3 is 1. The van der Waals surface area contributed by atoms with Gasteiger partial charge in [0.15, 0.2) is 0 Å². The number of nitrogens with zero attached hydrogens (tertiary/aromatic N) is 2. The molecule has 2 heterocycles. The summed E-state index contributed by atoms with van der Waals surface area (Å²) in [6.07, 6.45) is 3.34. The minimum atomic E-state index is -0.308. The van der Waals surface area contributed by atoms with Crippen molar-refractivity contribution in [1.82, 2.24) is 4.90 Å². The van der Waals surface area contributed by atoms with E-state index in [1.54, 1.807) is 7.11 Å². The quantitative estimate of drug-likeness (QED) is 0.714. The summed E-state index contributed by atoms with van der Waals surface area (Å²) in [5.74, 6) is 0.165. The number of likely N-dealkylation sites (tertiary alicyclic amines) is 1. The van der Waals surface area contributed by atoms with Gasteiger partial charge in [-0.1, -0.05) is 31.2 Å². The minimum Gasteiger partial charge on any atom is -0.382 e. The van der Waals surface area contributed by atoms with E-state index in [2.05, 4.69) is 29.5 Å². The molecule has 0 N–H and O–H groups in total. The summed E-state index contributed by atoms with van der Waals surface area (Å²) in [4.78, 5) is 18.9. The van der Waals surface area contributed by atoms with Crippen LogP contribution >= 0.6 is 11.3 Å². The van der Waals surface area contributed by atoms with Gasteiger partial charge in [0.1, 0.15) is 0 Å². The van der Waals surface area contributed by atoms with Crippen LogP contribution in [0.4, 0.5) is 5.69 Å². The van der Waals surface area contributed by atoms with Crippen LogP contribution in [-0.2, 0) is 16.0 Å². The van der Waals surface area contributed by atoms with Gasteiger partial charge in [0, 0.05) is 36.7 Å². The van der Waals surface area contributed by atoms with E-state index in [-0.39, 0.29) is 11.4 Å². The first-order valence-corrected chi connectivity index (χ1v) is 10.6. The second-order valence-electron chi connectivity index (χ2n) is 7.45. The van der Waals surface area contributed by atoms with Crippen LogP contribution in [0, 0.1) is 0 Å². The third-order valence-electron chi connectivity index (χ3n) is 5.64. The number of hydrogen-bond donors (Lipinski definition) is 0. The van der Waals surface area contributed by atoms with Crippen molar-refractivity contribution in [3.05, 3.63) is 52.7 Å². The van der Waals surface area contributed by atoms with Crippen LogP contribution in [0.2, 0.25) is 0 Å². The average Bonchev–Trinajstić information content (AvgIpc) is 3.19. The molecule has 4 nitrogen and oxygen atoms in total. The Morgan fingerprint density at radius 3 is 2.70 bits per heavy atom. The number of benzene rings is 1. The van der Waals surface area contributed by atoms with Crippen molar-refractivity contribution < 1.29 is 9.53 Å². The van der Waals surface area contributed by atoms with Gasteiger partial charge in [-0.3, -0.25) is 4.79 Å². The average molecular weight is 387 g/mol. The fraction of sp³-hybridized carbons (Fsp3) is 0.500. The summed E-state index contributed by atoms with van der Waals surface area (Å²) < 4.78 is 5.69. The van der Waals surface area contributed by atoms with Gasteiger partial charge in [-0.2, -0.15) is 0 Å². The number of carbonyl (C=O) groups excluding carboxylic acids is 1. The van der Waals surface area contributed by atoms with Crippen LogP contribution in [0.1, 0.15) is 31.1 Å². The lowest BCUT2D eigenvalue weighted by atomic mass is 9.80. The smallest absolute Gasteiger partial charge is 0.227 e. The van der Waals surface area contributed by atoms with Crippen LogP contribution in [0.15, 0.2) is 47.8 Å². The molecule has 27 heavy (non-hydrogen) atoms. The molecule has 0 aliphatic carbocycles. The van der Waals surface area contributed by atoms with Crippen LogP contribution in [0.25, 0.3) is 0 Å². The second-order valence-corrected chi connectivity index (χ2v) is 8.48. The summed E-state index contributed by atoms with van der Waals surface area (Å²) >= 11 is 1.81. The predicted molar refractivity (Wildman–Crippen MR) is 113 cm³/mol. The van der Waals surface area contributed by atoms with Gasteiger partial charge >= 0.3 is 0 Å². The highest BCUT2D eigenvalue weighted by atomic mass is 32.1. The number of hydrogen-bond acceptors (Lipinski definition) is 4. The summed E-state index contributed by atoms with van der Waals surface area (Å²) in [6, 6.07) is 14.8. The van der Waals surface area contributed by atoms with Crippen LogP contribution in [0.3, 0.4) is 0 Å². The highest BCUT2D eigenvalue weighted by Crippen LogP contribution is 2.37. The molecule has 2 unspecified atom stereocenters. The zero-order chi connectivity index (χ0) is 19.3. The first-order valence-electron chi connectivity index (χ1n) is 9.69. The summed E-state index contributed by atoms with van der Waals surface area (Å²) in [5.41, 5.74) is 0.665. The Labute approximate surface area is 166 Å². The Kier molecular flexibility index (Phi) is 6.68. The van der Waals surface area contributed by atoms with Gasteiger partial charge in [-0.05, 0) is 49.9 Å². The number of amides is 1. The molecule has 1 aromatic carbocycles. The summed E-state index contributed by atoms with van der Waals surface area (Å²) in [6.45, 7) is 3.46. The molecule has 1 aliphatic heterocycles. The molecule has 1 amide bonds. The van der Waals surface area contributed by atoms with Crippen molar-refractivity contribution in [3.8, 4) is 0 Å². The fourth-order valence-corrected chi connectivity index (χ4v) is 5.02. The Bertz CT molecular complexity index is 719. The van der Waals surface area contributed by atoms with Gasteiger partial charge in [-0.25, -0.2) is 0 Å². The first kappa shape index (κ1) is 20.1. The zero-order valence-electron chi connectivity index (χ0n) is 16.6. The number of likely N-dealkylation sites (N-methyl/N-ethyl adjacent to an activating group) is 1. The number of piperidine rings is 1. The normalized spacial score (nSPS) is 23.3. The third kappa shape index (κ3) is 4.42. The van der Waals surface area contributed by atoms with Gasteiger partial charge in [-0.15, -0.1) is 11.3 Å². The van der Waals surface area contributed by atoms with Gasteiger partial charge in [0.25, 0.3) is 0 Å². The molecule has 146 valence electrons. The fourth-order valence-electron chi connectivity index (χ4n) is 4.24. The topological polar surface area (TPSA) is 32.8 Å². The molecule has 2 atom stereocenters. The van der Waals surface area contributed by atoms with Crippen molar-refractivity contribution >= 4 is 22.9 Å². The summed E-state index contributed by atoms with van der Waals surface area (Å²) in [7, 11) is 3.94. The monoisotopic (exact) mass is 386 g/mol. The Morgan fingerprint density at radius 2 is 2.07 bits per heavy atom. The highest BCUT2D eigenvalue weighted by molar-refractivity contribution is 7.09. The lowest BCUT2D eigenvalue weighted by molar-refractivity contribution is -0.120. The standard InChI is InChI=1S/C22H30N2O2S/c1-4-21(25)24(18-9-6-5-7-10-18)22(17-26-3)12-13-23(2)19(16-22)15-20-11-8-14-27-20/h5-11,14,19H,4,12-13,15-17H2,1-3H3. The van der Waals surface area contributed by atoms with E-state index >= 15 is 0 Å². The van der Waals surface area contributed by atoms with Crippen molar-refractivity contribution in [2.24, 2.45) is 0 Å². The summed E-state index contributed by atoms with van der Waals surface area (Å²) in [5, 5.41) is 2.14. The molecular weight excluding hydrogens is 356 g/mol. The van der Waals surface area contributed by atoms with E-state index in [1.165, 1.54) is 4.88 Å². The number of ether oxygens (including phenoxy) is 1. The van der Waals surface area contributed by atoms with E-state index in [9.17, 15) is 4.79 Å². The molecule has 0 spiro atoms. The highest BCUT2D eigenvalue weighted by Gasteiger charge is 2.45.